The average molecular weight is 406 g/mol. The zero-order valence-electron chi connectivity index (χ0n) is 12.0. The van der Waals surface area contributed by atoms with Gasteiger partial charge in [-0.25, -0.2) is 0 Å². The topological polar surface area (TPSA) is 68.0 Å². The Morgan fingerprint density at radius 2 is 2.04 bits per heavy atom. The highest BCUT2D eigenvalue weighted by molar-refractivity contribution is 8.00. The Balaban J connectivity index is 1.72. The van der Waals surface area contributed by atoms with E-state index in [9.17, 15) is 18.0 Å². The lowest BCUT2D eigenvalue weighted by Crippen LogP contribution is -2.12. The number of thiophene rings is 1. The molecule has 3 rings (SSSR count). The van der Waals surface area contributed by atoms with Crippen LogP contribution in [0.15, 0.2) is 45.7 Å². The average Bonchev–Trinajstić information content (AvgIpc) is 3.14. The molecular formula is C14H7ClF3N3O2S2. The number of anilines is 1. The fourth-order valence-corrected chi connectivity index (χ4v) is 3.37. The van der Waals surface area contributed by atoms with E-state index in [-0.39, 0.29) is 34.1 Å². The summed E-state index contributed by atoms with van der Waals surface area (Å²) in [6.45, 7) is 0. The van der Waals surface area contributed by atoms with Crippen LogP contribution in [0.5, 0.6) is 0 Å². The molecule has 11 heteroatoms. The number of carbonyl (C=O) groups excluding carboxylic acids is 1. The van der Waals surface area contributed by atoms with Crippen LogP contribution in [-0.4, -0.2) is 21.6 Å². The monoisotopic (exact) mass is 405 g/mol. The number of benzene rings is 1. The first-order valence-corrected chi connectivity index (χ1v) is 8.58. The molecule has 5 nitrogen and oxygen atoms in total. The number of hydrogen-bond acceptors (Lipinski definition) is 6. The van der Waals surface area contributed by atoms with Crippen LogP contribution in [0.25, 0.3) is 10.8 Å². The van der Waals surface area contributed by atoms with E-state index < -0.39 is 11.4 Å². The molecule has 0 aliphatic carbocycles. The van der Waals surface area contributed by atoms with E-state index >= 15 is 0 Å². The van der Waals surface area contributed by atoms with Gasteiger partial charge in [0.25, 0.3) is 11.8 Å². The van der Waals surface area contributed by atoms with Crippen molar-refractivity contribution in [3.8, 4) is 10.8 Å². The van der Waals surface area contributed by atoms with Crippen molar-refractivity contribution in [1.82, 2.24) is 10.2 Å². The lowest BCUT2D eigenvalue weighted by molar-refractivity contribution is -0.0328. The molecule has 2 aromatic heterocycles. The van der Waals surface area contributed by atoms with Gasteiger partial charge >= 0.3 is 11.5 Å². The van der Waals surface area contributed by atoms with E-state index in [0.717, 1.165) is 6.07 Å². The first kappa shape index (κ1) is 17.8. The van der Waals surface area contributed by atoms with Crippen LogP contribution >= 0.6 is 34.7 Å². The van der Waals surface area contributed by atoms with Gasteiger partial charge in [0.2, 0.25) is 0 Å². The molecule has 1 N–H and O–H groups in total. The predicted molar refractivity (Wildman–Crippen MR) is 88.9 cm³/mol. The molecule has 0 unspecified atom stereocenters. The number of thioether (sulfide) groups is 1. The van der Waals surface area contributed by atoms with Crippen molar-refractivity contribution in [2.24, 2.45) is 0 Å². The maximum absolute atomic E-state index is 12.4. The Bertz CT molecular complexity index is 911. The molecule has 1 aromatic carbocycles. The summed E-state index contributed by atoms with van der Waals surface area (Å²) >= 11 is 6.74. The Kier molecular flexibility index (Phi) is 5.02. The summed E-state index contributed by atoms with van der Waals surface area (Å²) in [4.78, 5) is 12.7. The lowest BCUT2D eigenvalue weighted by Gasteiger charge is -2.07. The van der Waals surface area contributed by atoms with Crippen molar-refractivity contribution in [1.29, 1.82) is 0 Å². The van der Waals surface area contributed by atoms with E-state index in [2.05, 4.69) is 15.5 Å². The van der Waals surface area contributed by atoms with E-state index in [1.54, 1.807) is 12.1 Å². The number of halogens is 4. The fourth-order valence-electron chi connectivity index (χ4n) is 1.81. The Morgan fingerprint density at radius 1 is 1.24 bits per heavy atom. The van der Waals surface area contributed by atoms with E-state index in [4.69, 9.17) is 16.0 Å². The molecule has 0 bridgehead atoms. The van der Waals surface area contributed by atoms with Gasteiger partial charge in [0.1, 0.15) is 0 Å². The van der Waals surface area contributed by atoms with Crippen molar-refractivity contribution in [2.75, 3.05) is 5.32 Å². The molecule has 0 atom stereocenters. The van der Waals surface area contributed by atoms with Crippen molar-refractivity contribution in [2.45, 2.75) is 10.4 Å². The largest absolute Gasteiger partial charge is 0.446 e. The first-order chi connectivity index (χ1) is 11.8. The summed E-state index contributed by atoms with van der Waals surface area (Å²) in [6.07, 6.45) is 0. The number of carbonyl (C=O) groups is 1. The summed E-state index contributed by atoms with van der Waals surface area (Å²) in [5, 5.41) is 9.81. The highest BCUT2D eigenvalue weighted by atomic mass is 35.5. The molecule has 130 valence electrons. The van der Waals surface area contributed by atoms with Crippen molar-refractivity contribution < 1.29 is 22.4 Å². The minimum absolute atomic E-state index is 0.0353. The van der Waals surface area contributed by atoms with Gasteiger partial charge < -0.3 is 4.42 Å². The summed E-state index contributed by atoms with van der Waals surface area (Å²) in [7, 11) is 0. The van der Waals surface area contributed by atoms with Gasteiger partial charge in [0.05, 0.1) is 9.21 Å². The highest BCUT2D eigenvalue weighted by Gasteiger charge is 2.29. The number of rotatable bonds is 4. The van der Waals surface area contributed by atoms with Gasteiger partial charge in [0, 0.05) is 10.5 Å². The van der Waals surface area contributed by atoms with E-state index in [0.29, 0.717) is 9.21 Å². The van der Waals surface area contributed by atoms with Crippen molar-refractivity contribution in [3.63, 3.8) is 0 Å². The third kappa shape index (κ3) is 4.74. The third-order valence-corrected chi connectivity index (χ3v) is 4.70. The van der Waals surface area contributed by atoms with Crippen LogP contribution in [0, 0.1) is 0 Å². The first-order valence-electron chi connectivity index (χ1n) is 6.56. The molecule has 0 saturated carbocycles. The SMILES string of the molecule is O=C(Nc1nnc(-c2ccc(Cl)s2)o1)c1cccc(SC(F)(F)F)c1. The Morgan fingerprint density at radius 3 is 2.72 bits per heavy atom. The second-order valence-corrected chi connectivity index (χ2v) is 7.40. The van der Waals surface area contributed by atoms with Gasteiger partial charge in [-0.1, -0.05) is 22.8 Å². The molecule has 2 heterocycles. The standard InChI is InChI=1S/C14H7ClF3N3O2S2/c15-10-5-4-9(24-10)12-20-21-13(23-12)19-11(22)7-2-1-3-8(6-7)25-14(16,17)18/h1-6H,(H,19,21,22). The molecule has 0 fully saturated rings. The van der Waals surface area contributed by atoms with Crippen LogP contribution in [0.2, 0.25) is 4.34 Å². The second-order valence-electron chi connectivity index (χ2n) is 4.55. The minimum Gasteiger partial charge on any atom is -0.402 e. The van der Waals surface area contributed by atoms with Crippen LogP contribution in [0.1, 0.15) is 10.4 Å². The normalized spacial score (nSPS) is 11.5. The number of nitrogens with zero attached hydrogens (tertiary/aromatic N) is 2. The van der Waals surface area contributed by atoms with Crippen LogP contribution in [-0.2, 0) is 0 Å². The predicted octanol–water partition coefficient (Wildman–Crippen LogP) is 5.32. The summed E-state index contributed by atoms with van der Waals surface area (Å²) in [6, 6.07) is 8.31. The van der Waals surface area contributed by atoms with Gasteiger partial charge in [-0.3, -0.25) is 10.1 Å². The number of amides is 1. The maximum Gasteiger partial charge on any atom is 0.446 e. The van der Waals surface area contributed by atoms with Crippen LogP contribution in [0.4, 0.5) is 19.2 Å². The third-order valence-electron chi connectivity index (χ3n) is 2.76. The van der Waals surface area contributed by atoms with E-state index in [1.807, 2.05) is 0 Å². The fraction of sp³-hybridized carbons (Fsp3) is 0.0714. The number of hydrogen-bond donors (Lipinski definition) is 1. The summed E-state index contributed by atoms with van der Waals surface area (Å²) in [5.74, 6) is -0.488. The van der Waals surface area contributed by atoms with Gasteiger partial charge in [0.15, 0.2) is 0 Å². The van der Waals surface area contributed by atoms with Crippen molar-refractivity contribution in [3.05, 3.63) is 46.3 Å². The summed E-state index contributed by atoms with van der Waals surface area (Å²) < 4.78 is 43.1. The van der Waals surface area contributed by atoms with Gasteiger partial charge in [-0.2, -0.15) is 13.2 Å². The molecule has 25 heavy (non-hydrogen) atoms. The van der Waals surface area contributed by atoms with E-state index in [1.165, 1.54) is 29.5 Å². The van der Waals surface area contributed by atoms with Crippen LogP contribution in [0.3, 0.4) is 0 Å². The zero-order valence-corrected chi connectivity index (χ0v) is 14.4. The second kappa shape index (κ2) is 7.06. The molecular weight excluding hydrogens is 399 g/mol. The molecule has 0 saturated heterocycles. The number of alkyl halides is 3. The molecule has 0 aliphatic rings. The quantitative estimate of drug-likeness (QED) is 0.595. The molecule has 0 aliphatic heterocycles. The maximum atomic E-state index is 12.4. The minimum atomic E-state index is -4.43. The van der Waals surface area contributed by atoms with Crippen LogP contribution < -0.4 is 5.32 Å². The van der Waals surface area contributed by atoms with Crippen molar-refractivity contribution >= 4 is 46.6 Å². The molecule has 0 radical (unpaired) electrons. The lowest BCUT2D eigenvalue weighted by atomic mass is 10.2. The van der Waals surface area contributed by atoms with Gasteiger partial charge in [-0.05, 0) is 42.1 Å². The smallest absolute Gasteiger partial charge is 0.402 e. The molecule has 0 spiro atoms. The Labute approximate surface area is 152 Å². The number of nitrogens with one attached hydrogen (secondary N) is 1. The Hall–Kier alpha value is -2.04. The molecule has 1 amide bonds. The zero-order chi connectivity index (χ0) is 18.0. The molecule has 3 aromatic rings. The summed E-state index contributed by atoms with van der Waals surface area (Å²) in [5.41, 5.74) is -4.40. The number of aromatic nitrogens is 2. The van der Waals surface area contributed by atoms with Gasteiger partial charge in [-0.15, -0.1) is 16.4 Å². The highest BCUT2D eigenvalue weighted by Crippen LogP contribution is 2.37.